The van der Waals surface area contributed by atoms with Gasteiger partial charge in [-0.1, -0.05) is 72.8 Å². The van der Waals surface area contributed by atoms with Gasteiger partial charge >= 0.3 is 0 Å². The number of hydrogen-bond acceptors (Lipinski definition) is 3. The molecule has 0 unspecified atom stereocenters. The van der Waals surface area contributed by atoms with Gasteiger partial charge in [-0.2, -0.15) is 0 Å². The van der Waals surface area contributed by atoms with Gasteiger partial charge in [0, 0.05) is 25.3 Å². The summed E-state index contributed by atoms with van der Waals surface area (Å²) in [7, 11) is 0. The molecule has 0 aliphatic carbocycles. The fraction of sp³-hybridized carbons (Fsp3) is 0.192. The van der Waals surface area contributed by atoms with Crippen LogP contribution in [0.5, 0.6) is 0 Å². The molecule has 0 spiro atoms. The van der Waals surface area contributed by atoms with Crippen molar-refractivity contribution in [2.45, 2.75) is 25.2 Å². The summed E-state index contributed by atoms with van der Waals surface area (Å²) in [5, 5.41) is 3.00. The Labute approximate surface area is 181 Å². The molecule has 0 bridgehead atoms. The average molecular weight is 412 g/mol. The Morgan fingerprint density at radius 2 is 1.48 bits per heavy atom. The topological polar surface area (TPSA) is 74.8 Å². The van der Waals surface area contributed by atoms with Crippen molar-refractivity contribution < 1.29 is 4.79 Å². The Morgan fingerprint density at radius 1 is 0.871 bits per heavy atom. The van der Waals surface area contributed by atoms with Crippen LogP contribution in [0.15, 0.2) is 89.7 Å². The standard InChI is InChI=1S/C26H25N3O2/c30-25(16-15-24-26(31)29-23-14-8-7-13-22(23)28-24)27-18-17-21(19-9-3-1-4-10-19)20-11-5-2-6-12-20/h1-14,21H,15-18H2,(H,27,30)(H,29,31). The number of amides is 1. The molecule has 1 aromatic heterocycles. The maximum Gasteiger partial charge on any atom is 0.270 e. The first-order valence-corrected chi connectivity index (χ1v) is 10.6. The maximum atomic E-state index is 12.4. The van der Waals surface area contributed by atoms with Crippen molar-refractivity contribution in [3.8, 4) is 0 Å². The molecule has 5 nitrogen and oxygen atoms in total. The Kier molecular flexibility index (Phi) is 6.53. The quantitative estimate of drug-likeness (QED) is 0.456. The van der Waals surface area contributed by atoms with E-state index in [9.17, 15) is 9.59 Å². The van der Waals surface area contributed by atoms with Gasteiger partial charge in [0.05, 0.1) is 11.0 Å². The summed E-state index contributed by atoms with van der Waals surface area (Å²) in [6.45, 7) is 0.564. The Bertz CT molecular complexity index is 1160. The number of carbonyl (C=O) groups is 1. The van der Waals surface area contributed by atoms with Crippen LogP contribution in [0.2, 0.25) is 0 Å². The Morgan fingerprint density at radius 3 is 2.16 bits per heavy atom. The number of aryl methyl sites for hydroxylation is 1. The summed E-state index contributed by atoms with van der Waals surface area (Å²) in [4.78, 5) is 31.8. The lowest BCUT2D eigenvalue weighted by Gasteiger charge is -2.18. The molecule has 0 radical (unpaired) electrons. The third kappa shape index (κ3) is 5.25. The molecule has 0 aliphatic rings. The molecule has 5 heteroatoms. The van der Waals surface area contributed by atoms with E-state index in [2.05, 4.69) is 39.6 Å². The Hall–Kier alpha value is -3.73. The van der Waals surface area contributed by atoms with Crippen molar-refractivity contribution in [3.63, 3.8) is 0 Å². The average Bonchev–Trinajstić information content (AvgIpc) is 2.81. The molecule has 156 valence electrons. The number of para-hydroxylation sites is 2. The van der Waals surface area contributed by atoms with Crippen LogP contribution in [0.3, 0.4) is 0 Å². The van der Waals surface area contributed by atoms with Crippen LogP contribution >= 0.6 is 0 Å². The first kappa shape index (κ1) is 20.5. The van der Waals surface area contributed by atoms with Crippen LogP contribution in [0.25, 0.3) is 11.0 Å². The van der Waals surface area contributed by atoms with Gasteiger partial charge in [-0.05, 0) is 29.7 Å². The highest BCUT2D eigenvalue weighted by molar-refractivity contribution is 5.76. The molecular formula is C26H25N3O2. The molecule has 31 heavy (non-hydrogen) atoms. The van der Waals surface area contributed by atoms with Crippen molar-refractivity contribution in [2.75, 3.05) is 6.54 Å². The van der Waals surface area contributed by atoms with Gasteiger partial charge in [-0.15, -0.1) is 0 Å². The molecule has 0 atom stereocenters. The number of carbonyl (C=O) groups excluding carboxylic acids is 1. The van der Waals surface area contributed by atoms with Crippen LogP contribution in [-0.4, -0.2) is 22.4 Å². The number of hydrogen-bond donors (Lipinski definition) is 2. The number of rotatable bonds is 8. The van der Waals surface area contributed by atoms with Crippen LogP contribution in [0.1, 0.15) is 35.6 Å². The van der Waals surface area contributed by atoms with E-state index in [1.54, 1.807) is 0 Å². The SMILES string of the molecule is O=C(CCc1nc2ccccc2[nH]c1=O)NCCC(c1ccccc1)c1ccccc1. The minimum absolute atomic E-state index is 0.0748. The zero-order valence-corrected chi connectivity index (χ0v) is 17.3. The second kappa shape index (κ2) is 9.85. The summed E-state index contributed by atoms with van der Waals surface area (Å²) in [5.41, 5.74) is 4.05. The molecule has 4 aromatic rings. The lowest BCUT2D eigenvalue weighted by atomic mass is 9.88. The van der Waals surface area contributed by atoms with E-state index in [-0.39, 0.29) is 23.8 Å². The van der Waals surface area contributed by atoms with E-state index in [4.69, 9.17) is 0 Å². The van der Waals surface area contributed by atoms with Crippen molar-refractivity contribution in [3.05, 3.63) is 112 Å². The molecule has 0 aliphatic heterocycles. The van der Waals surface area contributed by atoms with Crippen LogP contribution in [-0.2, 0) is 11.2 Å². The van der Waals surface area contributed by atoms with Crippen molar-refractivity contribution >= 4 is 16.9 Å². The number of nitrogens with zero attached hydrogens (tertiary/aromatic N) is 1. The van der Waals surface area contributed by atoms with E-state index in [1.165, 1.54) is 11.1 Å². The summed E-state index contributed by atoms with van der Waals surface area (Å²) in [6.07, 6.45) is 1.34. The Balaban J connectivity index is 1.35. The number of aromatic nitrogens is 2. The highest BCUT2D eigenvalue weighted by atomic mass is 16.1. The minimum Gasteiger partial charge on any atom is -0.356 e. The molecular weight excluding hydrogens is 386 g/mol. The third-order valence-electron chi connectivity index (χ3n) is 5.42. The molecule has 0 saturated heterocycles. The zero-order valence-electron chi connectivity index (χ0n) is 17.3. The molecule has 3 aromatic carbocycles. The van der Waals surface area contributed by atoms with E-state index in [0.717, 1.165) is 11.9 Å². The van der Waals surface area contributed by atoms with Crippen LogP contribution in [0, 0.1) is 0 Å². The van der Waals surface area contributed by atoms with Gasteiger partial charge in [0.25, 0.3) is 5.56 Å². The molecule has 1 heterocycles. The fourth-order valence-corrected chi connectivity index (χ4v) is 3.81. The summed E-state index contributed by atoms with van der Waals surface area (Å²) in [6, 6.07) is 28.1. The number of nitrogens with one attached hydrogen (secondary N) is 2. The van der Waals surface area contributed by atoms with E-state index in [1.807, 2.05) is 60.7 Å². The summed E-state index contributed by atoms with van der Waals surface area (Å²) < 4.78 is 0. The van der Waals surface area contributed by atoms with Gasteiger partial charge < -0.3 is 10.3 Å². The van der Waals surface area contributed by atoms with Gasteiger partial charge in [-0.3, -0.25) is 9.59 Å². The third-order valence-corrected chi connectivity index (χ3v) is 5.42. The molecule has 0 saturated carbocycles. The van der Waals surface area contributed by atoms with Crippen molar-refractivity contribution in [2.24, 2.45) is 0 Å². The normalized spacial score (nSPS) is 11.0. The number of aromatic amines is 1. The molecule has 0 fully saturated rings. The number of benzene rings is 3. The maximum absolute atomic E-state index is 12.4. The number of fused-ring (bicyclic) bond motifs is 1. The van der Waals surface area contributed by atoms with Gasteiger partial charge in [-0.25, -0.2) is 4.98 Å². The van der Waals surface area contributed by atoms with Gasteiger partial charge in [0.2, 0.25) is 5.91 Å². The monoisotopic (exact) mass is 411 g/mol. The highest BCUT2D eigenvalue weighted by Crippen LogP contribution is 2.27. The first-order chi connectivity index (χ1) is 15.2. The first-order valence-electron chi connectivity index (χ1n) is 10.6. The predicted octanol–water partition coefficient (Wildman–Crippen LogP) is 4.19. The van der Waals surface area contributed by atoms with E-state index >= 15 is 0 Å². The van der Waals surface area contributed by atoms with Crippen LogP contribution < -0.4 is 10.9 Å². The van der Waals surface area contributed by atoms with E-state index < -0.39 is 0 Å². The predicted molar refractivity (Wildman–Crippen MR) is 123 cm³/mol. The van der Waals surface area contributed by atoms with Crippen LogP contribution in [0.4, 0.5) is 0 Å². The second-order valence-electron chi connectivity index (χ2n) is 7.54. The van der Waals surface area contributed by atoms with Crippen molar-refractivity contribution in [1.29, 1.82) is 0 Å². The van der Waals surface area contributed by atoms with Crippen molar-refractivity contribution in [1.82, 2.24) is 15.3 Å². The largest absolute Gasteiger partial charge is 0.356 e. The number of H-pyrrole nitrogens is 1. The van der Waals surface area contributed by atoms with Gasteiger partial charge in [0.1, 0.15) is 5.69 Å². The molecule has 1 amide bonds. The lowest BCUT2D eigenvalue weighted by molar-refractivity contribution is -0.121. The smallest absolute Gasteiger partial charge is 0.270 e. The molecule has 4 rings (SSSR count). The summed E-state index contributed by atoms with van der Waals surface area (Å²) in [5.74, 6) is 0.141. The minimum atomic E-state index is -0.236. The molecule has 2 N–H and O–H groups in total. The fourth-order valence-electron chi connectivity index (χ4n) is 3.81. The lowest BCUT2D eigenvalue weighted by Crippen LogP contribution is -2.27. The summed E-state index contributed by atoms with van der Waals surface area (Å²) >= 11 is 0. The van der Waals surface area contributed by atoms with Gasteiger partial charge in [0.15, 0.2) is 0 Å². The zero-order chi connectivity index (χ0) is 21.5. The highest BCUT2D eigenvalue weighted by Gasteiger charge is 2.14. The van der Waals surface area contributed by atoms with E-state index in [0.29, 0.717) is 24.2 Å². The second-order valence-corrected chi connectivity index (χ2v) is 7.54.